The van der Waals surface area contributed by atoms with Gasteiger partial charge in [0.1, 0.15) is 11.6 Å². The molecule has 0 aliphatic carbocycles. The van der Waals surface area contributed by atoms with Gasteiger partial charge in [-0.05, 0) is 37.6 Å². The highest BCUT2D eigenvalue weighted by molar-refractivity contribution is 7.07. The van der Waals surface area contributed by atoms with Crippen LogP contribution in [0.2, 0.25) is 0 Å². The minimum atomic E-state index is -0.530. The molecular weight excluding hydrogens is 254 g/mol. The second kappa shape index (κ2) is 6.02. The average Bonchev–Trinajstić information content (AvgIpc) is 2.80. The third kappa shape index (κ3) is 3.58. The van der Waals surface area contributed by atoms with E-state index in [0.29, 0.717) is 18.5 Å². The van der Waals surface area contributed by atoms with E-state index in [1.54, 1.807) is 16.8 Å². The highest BCUT2D eigenvalue weighted by Gasteiger charge is 2.06. The minimum Gasteiger partial charge on any atom is -0.308 e. The molecule has 1 heterocycles. The number of aromatic nitrogens is 1. The van der Waals surface area contributed by atoms with Crippen LogP contribution in [0.3, 0.4) is 0 Å². The second-order valence-corrected chi connectivity index (χ2v) is 4.84. The molecule has 2 rings (SSSR count). The molecule has 5 heteroatoms. The SMILES string of the molecule is CC(NCCc1cc(F)cc(F)c1)c1cscn1. The van der Waals surface area contributed by atoms with Gasteiger partial charge in [0.25, 0.3) is 0 Å². The first kappa shape index (κ1) is 13.1. The maximum Gasteiger partial charge on any atom is 0.126 e. The highest BCUT2D eigenvalue weighted by Crippen LogP contribution is 2.12. The van der Waals surface area contributed by atoms with Crippen LogP contribution in [0.4, 0.5) is 8.78 Å². The van der Waals surface area contributed by atoms with Crippen LogP contribution in [0.15, 0.2) is 29.1 Å². The maximum atomic E-state index is 13.0. The fraction of sp³-hybridized carbons (Fsp3) is 0.308. The van der Waals surface area contributed by atoms with Crippen LogP contribution >= 0.6 is 11.3 Å². The van der Waals surface area contributed by atoms with Crippen molar-refractivity contribution in [3.8, 4) is 0 Å². The van der Waals surface area contributed by atoms with Gasteiger partial charge >= 0.3 is 0 Å². The topological polar surface area (TPSA) is 24.9 Å². The predicted molar refractivity (Wildman–Crippen MR) is 68.6 cm³/mol. The molecular formula is C13H14F2N2S. The van der Waals surface area contributed by atoms with E-state index >= 15 is 0 Å². The lowest BCUT2D eigenvalue weighted by Gasteiger charge is -2.11. The van der Waals surface area contributed by atoms with Crippen molar-refractivity contribution in [3.63, 3.8) is 0 Å². The normalized spacial score (nSPS) is 12.6. The molecule has 1 N–H and O–H groups in total. The molecule has 96 valence electrons. The van der Waals surface area contributed by atoms with E-state index in [1.807, 2.05) is 12.3 Å². The van der Waals surface area contributed by atoms with Crippen LogP contribution in [-0.4, -0.2) is 11.5 Å². The van der Waals surface area contributed by atoms with Gasteiger partial charge in [-0.15, -0.1) is 11.3 Å². The summed E-state index contributed by atoms with van der Waals surface area (Å²) < 4.78 is 25.9. The number of rotatable bonds is 5. The van der Waals surface area contributed by atoms with E-state index in [-0.39, 0.29) is 6.04 Å². The second-order valence-electron chi connectivity index (χ2n) is 4.12. The quantitative estimate of drug-likeness (QED) is 0.900. The van der Waals surface area contributed by atoms with E-state index < -0.39 is 11.6 Å². The van der Waals surface area contributed by atoms with Crippen molar-refractivity contribution < 1.29 is 8.78 Å². The summed E-state index contributed by atoms with van der Waals surface area (Å²) in [7, 11) is 0. The minimum absolute atomic E-state index is 0.148. The summed E-state index contributed by atoms with van der Waals surface area (Å²) in [6, 6.07) is 3.75. The molecule has 1 aromatic carbocycles. The molecule has 0 bridgehead atoms. The zero-order chi connectivity index (χ0) is 13.0. The number of nitrogens with one attached hydrogen (secondary N) is 1. The molecule has 1 aromatic heterocycles. The third-order valence-electron chi connectivity index (χ3n) is 2.68. The smallest absolute Gasteiger partial charge is 0.126 e. The van der Waals surface area contributed by atoms with E-state index in [9.17, 15) is 8.78 Å². The number of halogens is 2. The Balaban J connectivity index is 1.85. The van der Waals surface area contributed by atoms with Gasteiger partial charge in [-0.2, -0.15) is 0 Å². The lowest BCUT2D eigenvalue weighted by molar-refractivity contribution is 0.557. The molecule has 0 aliphatic heterocycles. The fourth-order valence-electron chi connectivity index (χ4n) is 1.73. The molecule has 0 saturated carbocycles. The van der Waals surface area contributed by atoms with Crippen molar-refractivity contribution in [3.05, 3.63) is 52.0 Å². The van der Waals surface area contributed by atoms with Crippen LogP contribution in [0.1, 0.15) is 24.2 Å². The van der Waals surface area contributed by atoms with Crippen LogP contribution in [-0.2, 0) is 6.42 Å². The number of hydrogen-bond donors (Lipinski definition) is 1. The van der Waals surface area contributed by atoms with Gasteiger partial charge in [0.15, 0.2) is 0 Å². The van der Waals surface area contributed by atoms with Crippen molar-refractivity contribution in [2.75, 3.05) is 6.54 Å². The summed E-state index contributed by atoms with van der Waals surface area (Å²) >= 11 is 1.55. The predicted octanol–water partition coefficient (Wildman–Crippen LogP) is 3.31. The highest BCUT2D eigenvalue weighted by atomic mass is 32.1. The standard InChI is InChI=1S/C13H14F2N2S/c1-9(13-7-18-8-17-13)16-3-2-10-4-11(14)6-12(15)5-10/h4-9,16H,2-3H2,1H3. The zero-order valence-corrected chi connectivity index (χ0v) is 10.8. The van der Waals surface area contributed by atoms with Gasteiger partial charge in [0.2, 0.25) is 0 Å². The Kier molecular flexibility index (Phi) is 4.38. The molecule has 1 unspecified atom stereocenters. The Labute approximate surface area is 109 Å². The Hall–Kier alpha value is -1.33. The average molecular weight is 268 g/mol. The van der Waals surface area contributed by atoms with Gasteiger partial charge in [0.05, 0.1) is 11.2 Å². The van der Waals surface area contributed by atoms with E-state index in [2.05, 4.69) is 10.3 Å². The molecule has 0 fully saturated rings. The number of nitrogens with zero attached hydrogens (tertiary/aromatic N) is 1. The summed E-state index contributed by atoms with van der Waals surface area (Å²) in [6.45, 7) is 2.67. The molecule has 1 atom stereocenters. The molecule has 2 aromatic rings. The summed E-state index contributed by atoms with van der Waals surface area (Å²) in [5.41, 5.74) is 3.44. The monoisotopic (exact) mass is 268 g/mol. The van der Waals surface area contributed by atoms with E-state index in [1.165, 1.54) is 12.1 Å². The van der Waals surface area contributed by atoms with Crippen LogP contribution < -0.4 is 5.32 Å². The molecule has 0 saturated heterocycles. The first-order valence-corrected chi connectivity index (χ1v) is 6.66. The molecule has 0 spiro atoms. The number of hydrogen-bond acceptors (Lipinski definition) is 3. The van der Waals surface area contributed by atoms with Gasteiger partial charge in [0, 0.05) is 17.5 Å². The first-order chi connectivity index (χ1) is 8.65. The van der Waals surface area contributed by atoms with E-state index in [4.69, 9.17) is 0 Å². The third-order valence-corrected chi connectivity index (χ3v) is 3.29. The Morgan fingerprint density at radius 1 is 1.28 bits per heavy atom. The molecule has 0 radical (unpaired) electrons. The van der Waals surface area contributed by atoms with Crippen molar-refractivity contribution in [2.45, 2.75) is 19.4 Å². The van der Waals surface area contributed by atoms with Gasteiger partial charge in [-0.3, -0.25) is 0 Å². The Morgan fingerprint density at radius 2 is 2.00 bits per heavy atom. The number of thiazole rings is 1. The lowest BCUT2D eigenvalue weighted by Crippen LogP contribution is -2.21. The van der Waals surface area contributed by atoms with Gasteiger partial charge in [-0.25, -0.2) is 13.8 Å². The molecule has 18 heavy (non-hydrogen) atoms. The van der Waals surface area contributed by atoms with E-state index in [0.717, 1.165) is 11.8 Å². The summed E-state index contributed by atoms with van der Waals surface area (Å²) in [6.07, 6.45) is 0.586. The van der Waals surface area contributed by atoms with Crippen molar-refractivity contribution >= 4 is 11.3 Å². The lowest BCUT2D eigenvalue weighted by atomic mass is 10.1. The maximum absolute atomic E-state index is 13.0. The summed E-state index contributed by atoms with van der Waals surface area (Å²) in [5.74, 6) is -1.06. The summed E-state index contributed by atoms with van der Waals surface area (Å²) in [5, 5.41) is 5.26. The summed E-state index contributed by atoms with van der Waals surface area (Å²) in [4.78, 5) is 4.21. The molecule has 2 nitrogen and oxygen atoms in total. The van der Waals surface area contributed by atoms with Gasteiger partial charge in [-0.1, -0.05) is 0 Å². The zero-order valence-electron chi connectivity index (χ0n) is 9.99. The number of benzene rings is 1. The Bertz CT molecular complexity index is 479. The van der Waals surface area contributed by atoms with Crippen LogP contribution in [0.5, 0.6) is 0 Å². The first-order valence-electron chi connectivity index (χ1n) is 5.71. The van der Waals surface area contributed by atoms with Crippen LogP contribution in [0.25, 0.3) is 0 Å². The van der Waals surface area contributed by atoms with Crippen molar-refractivity contribution in [1.82, 2.24) is 10.3 Å². The molecule has 0 amide bonds. The Morgan fingerprint density at radius 3 is 2.61 bits per heavy atom. The van der Waals surface area contributed by atoms with Crippen molar-refractivity contribution in [1.29, 1.82) is 0 Å². The van der Waals surface area contributed by atoms with Crippen molar-refractivity contribution in [2.24, 2.45) is 0 Å². The largest absolute Gasteiger partial charge is 0.308 e. The van der Waals surface area contributed by atoms with Gasteiger partial charge < -0.3 is 5.32 Å². The van der Waals surface area contributed by atoms with Crippen LogP contribution in [0, 0.1) is 11.6 Å². The molecule has 0 aliphatic rings. The fourth-order valence-corrected chi connectivity index (χ4v) is 2.38.